The maximum absolute atomic E-state index is 13.7. The summed E-state index contributed by atoms with van der Waals surface area (Å²) in [6.07, 6.45) is 0.854. The smallest absolute Gasteiger partial charge is 0.259 e. The van der Waals surface area contributed by atoms with Crippen LogP contribution in [0.15, 0.2) is 36.4 Å². The van der Waals surface area contributed by atoms with Gasteiger partial charge in [-0.25, -0.2) is 8.78 Å². The lowest BCUT2D eigenvalue weighted by molar-refractivity contribution is -0.206. The Labute approximate surface area is 181 Å². The number of benzene rings is 2. The number of hydrogen-bond donors (Lipinski definition) is 2. The van der Waals surface area contributed by atoms with Crippen LogP contribution in [-0.4, -0.2) is 29.9 Å². The van der Waals surface area contributed by atoms with Gasteiger partial charge in [0.05, 0.1) is 16.6 Å². The third-order valence-electron chi connectivity index (χ3n) is 5.90. The number of nitrogens with one attached hydrogen (secondary N) is 1. The van der Waals surface area contributed by atoms with E-state index in [9.17, 15) is 18.4 Å². The number of amides is 1. The van der Waals surface area contributed by atoms with Crippen molar-refractivity contribution in [3.05, 3.63) is 63.6 Å². The molecule has 0 heterocycles. The molecular formula is C21H18Cl2F2N2O3. The van der Waals surface area contributed by atoms with Gasteiger partial charge in [0.2, 0.25) is 0 Å². The largest absolute Gasteiger partial charge is 0.480 e. The molecule has 30 heavy (non-hydrogen) atoms. The van der Waals surface area contributed by atoms with Crippen LogP contribution in [0.2, 0.25) is 10.0 Å². The van der Waals surface area contributed by atoms with E-state index in [0.29, 0.717) is 19.3 Å². The second-order valence-electron chi connectivity index (χ2n) is 8.05. The molecule has 0 saturated heterocycles. The van der Waals surface area contributed by atoms with Gasteiger partial charge in [-0.3, -0.25) is 9.59 Å². The van der Waals surface area contributed by atoms with Gasteiger partial charge < -0.3 is 15.8 Å². The molecule has 0 aliphatic heterocycles. The Bertz CT molecular complexity index is 1030. The van der Waals surface area contributed by atoms with Crippen LogP contribution in [0.5, 0.6) is 5.75 Å². The van der Waals surface area contributed by atoms with Crippen LogP contribution in [0.25, 0.3) is 0 Å². The lowest BCUT2D eigenvalue weighted by atomic mass is 9.37. The normalized spacial score (nSPS) is 25.1. The van der Waals surface area contributed by atoms with Crippen LogP contribution >= 0.6 is 23.2 Å². The van der Waals surface area contributed by atoms with Gasteiger partial charge in [0, 0.05) is 22.6 Å². The zero-order valence-corrected chi connectivity index (χ0v) is 17.2. The van der Waals surface area contributed by atoms with E-state index >= 15 is 0 Å². The summed E-state index contributed by atoms with van der Waals surface area (Å²) in [5.74, 6) is -2.01. The Morgan fingerprint density at radius 1 is 1.07 bits per heavy atom. The van der Waals surface area contributed by atoms with E-state index in [1.807, 2.05) is 0 Å². The topological polar surface area (TPSA) is 81.4 Å². The van der Waals surface area contributed by atoms with Gasteiger partial charge in [-0.05, 0) is 49.6 Å². The van der Waals surface area contributed by atoms with Crippen molar-refractivity contribution in [1.29, 1.82) is 0 Å². The lowest BCUT2D eigenvalue weighted by Crippen LogP contribution is -2.79. The zero-order chi connectivity index (χ0) is 21.7. The standard InChI is InChI=1S/C21H18Cl2F2N2O3/c22-13-3-1-11(5-15(13)24)17(28)7-27-21-8-20(9-21,10-21)18(19(26)29)30-12-2-4-14(23)16(25)6-12/h1-6,18,27H,7-10H2,(H2,26,29). The minimum atomic E-state index is -0.914. The highest BCUT2D eigenvalue weighted by Gasteiger charge is 2.72. The van der Waals surface area contributed by atoms with Gasteiger partial charge in [-0.2, -0.15) is 0 Å². The van der Waals surface area contributed by atoms with E-state index < -0.39 is 29.1 Å². The van der Waals surface area contributed by atoms with E-state index in [2.05, 4.69) is 5.32 Å². The first-order valence-electron chi connectivity index (χ1n) is 9.27. The van der Waals surface area contributed by atoms with Gasteiger partial charge >= 0.3 is 0 Å². The van der Waals surface area contributed by atoms with Crippen LogP contribution in [-0.2, 0) is 4.79 Å². The number of hydrogen-bond acceptors (Lipinski definition) is 4. The summed E-state index contributed by atoms with van der Waals surface area (Å²) in [4.78, 5) is 24.3. The Balaban J connectivity index is 1.36. The number of carbonyl (C=O) groups excluding carboxylic acids is 2. The molecule has 158 valence electrons. The molecule has 0 spiro atoms. The first-order chi connectivity index (χ1) is 14.1. The van der Waals surface area contributed by atoms with Crippen LogP contribution in [0.4, 0.5) is 8.78 Å². The number of ether oxygens (including phenoxy) is 1. The number of carbonyl (C=O) groups is 2. The minimum absolute atomic E-state index is 0.0294. The summed E-state index contributed by atoms with van der Waals surface area (Å²) in [7, 11) is 0. The molecule has 0 aromatic heterocycles. The number of primary amides is 1. The Kier molecular flexibility index (Phi) is 5.24. The van der Waals surface area contributed by atoms with Crippen LogP contribution in [0, 0.1) is 17.0 Å². The van der Waals surface area contributed by atoms with E-state index in [4.69, 9.17) is 33.7 Å². The summed E-state index contributed by atoms with van der Waals surface area (Å²) < 4.78 is 32.9. The van der Waals surface area contributed by atoms with E-state index in [1.54, 1.807) is 0 Å². The summed E-state index contributed by atoms with van der Waals surface area (Å²) in [5.41, 5.74) is 5.02. The van der Waals surface area contributed by atoms with Crippen LogP contribution < -0.4 is 15.8 Å². The van der Waals surface area contributed by atoms with Gasteiger partial charge in [0.25, 0.3) is 5.91 Å². The fourth-order valence-electron chi connectivity index (χ4n) is 4.54. The SMILES string of the molecule is NC(=O)C(Oc1ccc(Cl)c(F)c1)C12CC(NCC(=O)c3ccc(Cl)c(F)c3)(C1)C2. The van der Waals surface area contributed by atoms with Crippen molar-refractivity contribution in [2.75, 3.05) is 6.54 Å². The van der Waals surface area contributed by atoms with Crippen molar-refractivity contribution >= 4 is 34.9 Å². The Hall–Kier alpha value is -2.22. The Morgan fingerprint density at radius 2 is 1.67 bits per heavy atom. The zero-order valence-electron chi connectivity index (χ0n) is 15.7. The molecule has 2 aromatic rings. The van der Waals surface area contributed by atoms with Gasteiger partial charge in [-0.15, -0.1) is 0 Å². The predicted molar refractivity (Wildman–Crippen MR) is 108 cm³/mol. The molecule has 9 heteroatoms. The summed E-state index contributed by atoms with van der Waals surface area (Å²) in [6.45, 7) is 0.0294. The number of halogens is 4. The molecule has 1 atom stereocenters. The van der Waals surface area contributed by atoms with Crippen molar-refractivity contribution in [2.24, 2.45) is 11.1 Å². The van der Waals surface area contributed by atoms with Gasteiger partial charge in [-0.1, -0.05) is 23.2 Å². The average molecular weight is 455 g/mol. The van der Waals surface area contributed by atoms with Crippen molar-refractivity contribution in [2.45, 2.75) is 30.9 Å². The van der Waals surface area contributed by atoms with Crippen molar-refractivity contribution < 1.29 is 23.1 Å². The predicted octanol–water partition coefficient (Wildman–Crippen LogP) is 3.90. The van der Waals surface area contributed by atoms with Crippen molar-refractivity contribution in [3.8, 4) is 5.75 Å². The van der Waals surface area contributed by atoms with E-state index in [0.717, 1.165) is 12.1 Å². The first-order valence-corrected chi connectivity index (χ1v) is 10.0. The van der Waals surface area contributed by atoms with E-state index in [1.165, 1.54) is 24.3 Å². The number of rotatable bonds is 8. The highest BCUT2D eigenvalue weighted by atomic mass is 35.5. The molecule has 1 amide bonds. The van der Waals surface area contributed by atoms with Crippen molar-refractivity contribution in [1.82, 2.24) is 5.32 Å². The van der Waals surface area contributed by atoms with E-state index in [-0.39, 0.29) is 39.2 Å². The third kappa shape index (κ3) is 3.66. The third-order valence-corrected chi connectivity index (χ3v) is 6.51. The molecule has 3 fully saturated rings. The molecule has 1 unspecified atom stereocenters. The molecular weight excluding hydrogens is 437 g/mol. The average Bonchev–Trinajstić information content (AvgIpc) is 2.63. The number of Topliss-reactive ketones (excluding diaryl/α,β-unsaturated/α-hetero) is 1. The Morgan fingerprint density at radius 3 is 2.23 bits per heavy atom. The van der Waals surface area contributed by atoms with Crippen LogP contribution in [0.3, 0.4) is 0 Å². The summed E-state index contributed by atoms with van der Waals surface area (Å²) >= 11 is 11.3. The molecule has 3 saturated carbocycles. The fraction of sp³-hybridized carbons (Fsp3) is 0.333. The molecule has 5 rings (SSSR count). The highest BCUT2D eigenvalue weighted by Crippen LogP contribution is 2.69. The number of ketones is 1. The maximum Gasteiger partial charge on any atom is 0.259 e. The summed E-state index contributed by atoms with van der Waals surface area (Å²) in [5, 5.41) is 3.12. The minimum Gasteiger partial charge on any atom is -0.480 e. The molecule has 3 aliphatic rings. The number of nitrogens with two attached hydrogens (primary N) is 1. The van der Waals surface area contributed by atoms with Gasteiger partial charge in [0.15, 0.2) is 11.9 Å². The first kappa shape index (κ1) is 21.0. The summed E-state index contributed by atoms with van der Waals surface area (Å²) in [6, 6.07) is 7.86. The molecule has 3 N–H and O–H groups in total. The fourth-order valence-corrected chi connectivity index (χ4v) is 4.78. The quantitative estimate of drug-likeness (QED) is 0.592. The molecule has 2 bridgehead atoms. The monoisotopic (exact) mass is 454 g/mol. The highest BCUT2D eigenvalue weighted by molar-refractivity contribution is 6.31. The maximum atomic E-state index is 13.7. The second-order valence-corrected chi connectivity index (χ2v) is 8.87. The van der Waals surface area contributed by atoms with Gasteiger partial charge in [0.1, 0.15) is 17.4 Å². The molecule has 5 nitrogen and oxygen atoms in total. The second kappa shape index (κ2) is 7.48. The lowest BCUT2D eigenvalue weighted by Gasteiger charge is -2.72. The molecule has 2 aromatic carbocycles. The van der Waals surface area contributed by atoms with Crippen LogP contribution in [0.1, 0.15) is 29.6 Å². The van der Waals surface area contributed by atoms with Crippen molar-refractivity contribution in [3.63, 3.8) is 0 Å². The molecule has 3 aliphatic carbocycles. The molecule has 0 radical (unpaired) electrons.